The molecule has 0 saturated carbocycles. The Hall–Kier alpha value is -1.04. The largest absolute Gasteiger partial charge is 0.466 e. The maximum Gasteiger partial charge on any atom is 0.313 e. The normalized spacial score (nSPS) is 9.94. The number of carbonyl (C=O) groups is 3. The minimum atomic E-state index is -0.502. The minimum absolute atomic E-state index is 0.0222. The van der Waals surface area contributed by atoms with Gasteiger partial charge in [0.1, 0.15) is 6.42 Å². The quantitative estimate of drug-likeness (QED) is 0.466. The lowest BCUT2D eigenvalue weighted by Gasteiger charge is -2.17. The molecule has 0 fully saturated rings. The van der Waals surface area contributed by atoms with Crippen LogP contribution in [0.4, 0.5) is 0 Å². The van der Waals surface area contributed by atoms with Crippen LogP contribution >= 0.6 is 11.8 Å². The van der Waals surface area contributed by atoms with E-state index in [1.165, 1.54) is 11.8 Å². The molecule has 0 saturated heterocycles. The molecule has 0 aliphatic heterocycles. The molecule has 1 amide bonds. The fraction of sp³-hybridized carbons (Fsp3) is 0.750. The van der Waals surface area contributed by atoms with Gasteiger partial charge in [-0.2, -0.15) is 0 Å². The first-order valence-corrected chi connectivity index (χ1v) is 7.23. The standard InChI is InChI=1S/C12H21NO4S/c1-4-13(5-2)11(15)9-18-8-10(14)7-12(16)17-6-3/h4-9H2,1-3H3. The molecule has 0 heterocycles. The van der Waals surface area contributed by atoms with Gasteiger partial charge in [-0.05, 0) is 20.8 Å². The Labute approximate surface area is 112 Å². The average Bonchev–Trinajstić information content (AvgIpc) is 2.30. The summed E-state index contributed by atoms with van der Waals surface area (Å²) in [5.74, 6) is -0.236. The number of nitrogens with zero attached hydrogens (tertiary/aromatic N) is 1. The fourth-order valence-electron chi connectivity index (χ4n) is 1.34. The molecule has 104 valence electrons. The van der Waals surface area contributed by atoms with Crippen molar-refractivity contribution < 1.29 is 19.1 Å². The Morgan fingerprint density at radius 1 is 1.06 bits per heavy atom. The van der Waals surface area contributed by atoms with Crippen LogP contribution in [0.1, 0.15) is 27.2 Å². The van der Waals surface area contributed by atoms with Gasteiger partial charge in [0.25, 0.3) is 0 Å². The van der Waals surface area contributed by atoms with Gasteiger partial charge in [0, 0.05) is 13.1 Å². The molecule has 5 nitrogen and oxygen atoms in total. The molecule has 0 spiro atoms. The van der Waals surface area contributed by atoms with Gasteiger partial charge in [-0.25, -0.2) is 0 Å². The van der Waals surface area contributed by atoms with Gasteiger partial charge >= 0.3 is 5.97 Å². The lowest BCUT2D eigenvalue weighted by Crippen LogP contribution is -2.32. The average molecular weight is 275 g/mol. The number of ketones is 1. The van der Waals surface area contributed by atoms with Crippen LogP contribution in [0.15, 0.2) is 0 Å². The van der Waals surface area contributed by atoms with E-state index in [2.05, 4.69) is 4.74 Å². The van der Waals surface area contributed by atoms with E-state index in [1.807, 2.05) is 13.8 Å². The van der Waals surface area contributed by atoms with Crippen LogP contribution in [-0.4, -0.2) is 53.8 Å². The zero-order valence-electron chi connectivity index (χ0n) is 11.2. The Morgan fingerprint density at radius 2 is 1.67 bits per heavy atom. The van der Waals surface area contributed by atoms with E-state index in [-0.39, 0.29) is 36.2 Å². The molecule has 0 aliphatic rings. The Kier molecular flexibility index (Phi) is 9.36. The van der Waals surface area contributed by atoms with E-state index in [9.17, 15) is 14.4 Å². The van der Waals surface area contributed by atoms with Crippen molar-refractivity contribution in [2.45, 2.75) is 27.2 Å². The number of thioether (sulfide) groups is 1. The van der Waals surface area contributed by atoms with Crippen LogP contribution in [0, 0.1) is 0 Å². The van der Waals surface area contributed by atoms with Crippen LogP contribution in [0.25, 0.3) is 0 Å². The zero-order chi connectivity index (χ0) is 14.0. The second-order valence-corrected chi connectivity index (χ2v) is 4.56. The topological polar surface area (TPSA) is 63.7 Å². The smallest absolute Gasteiger partial charge is 0.313 e. The van der Waals surface area contributed by atoms with Crippen molar-refractivity contribution in [1.29, 1.82) is 0 Å². The van der Waals surface area contributed by atoms with E-state index in [1.54, 1.807) is 11.8 Å². The number of ether oxygens (including phenoxy) is 1. The highest BCUT2D eigenvalue weighted by Crippen LogP contribution is 2.05. The second-order valence-electron chi connectivity index (χ2n) is 3.58. The minimum Gasteiger partial charge on any atom is -0.466 e. The summed E-state index contributed by atoms with van der Waals surface area (Å²) in [5, 5.41) is 0. The Bertz CT molecular complexity index is 290. The van der Waals surface area contributed by atoms with Crippen molar-refractivity contribution in [3.63, 3.8) is 0 Å². The predicted molar refractivity (Wildman–Crippen MR) is 71.5 cm³/mol. The van der Waals surface area contributed by atoms with Gasteiger partial charge in [-0.3, -0.25) is 14.4 Å². The molecule has 0 aromatic heterocycles. The molecule has 0 N–H and O–H groups in total. The van der Waals surface area contributed by atoms with Gasteiger partial charge < -0.3 is 9.64 Å². The van der Waals surface area contributed by atoms with E-state index in [0.717, 1.165) is 0 Å². The van der Waals surface area contributed by atoms with Gasteiger partial charge in [0.05, 0.1) is 18.1 Å². The fourth-order valence-corrected chi connectivity index (χ4v) is 2.13. The molecular formula is C12H21NO4S. The number of hydrogen-bond acceptors (Lipinski definition) is 5. The Balaban J connectivity index is 3.80. The molecule has 0 aromatic rings. The van der Waals surface area contributed by atoms with E-state index >= 15 is 0 Å². The molecule has 6 heteroatoms. The van der Waals surface area contributed by atoms with Crippen LogP contribution in [-0.2, 0) is 19.1 Å². The van der Waals surface area contributed by atoms with Gasteiger partial charge in [0.15, 0.2) is 5.78 Å². The number of rotatable bonds is 9. The number of hydrogen-bond donors (Lipinski definition) is 0. The van der Waals surface area contributed by atoms with Crippen molar-refractivity contribution >= 4 is 29.4 Å². The predicted octanol–water partition coefficient (Wildman–Crippen LogP) is 1.11. The highest BCUT2D eigenvalue weighted by molar-refractivity contribution is 8.00. The molecule has 0 unspecified atom stereocenters. The molecule has 0 aliphatic carbocycles. The molecule has 18 heavy (non-hydrogen) atoms. The SMILES string of the molecule is CCOC(=O)CC(=O)CSCC(=O)N(CC)CC. The number of Topliss-reactive ketones (excluding diaryl/α,β-unsaturated/α-hetero) is 1. The van der Waals surface area contributed by atoms with Crippen LogP contribution in [0.5, 0.6) is 0 Å². The van der Waals surface area contributed by atoms with E-state index in [4.69, 9.17) is 0 Å². The lowest BCUT2D eigenvalue weighted by atomic mass is 10.3. The van der Waals surface area contributed by atoms with Crippen molar-refractivity contribution in [2.75, 3.05) is 31.2 Å². The van der Waals surface area contributed by atoms with E-state index < -0.39 is 5.97 Å². The highest BCUT2D eigenvalue weighted by atomic mass is 32.2. The summed E-state index contributed by atoms with van der Waals surface area (Å²) >= 11 is 1.24. The first-order valence-electron chi connectivity index (χ1n) is 6.07. The summed E-state index contributed by atoms with van der Waals surface area (Å²) < 4.78 is 4.67. The molecule has 0 bridgehead atoms. The van der Waals surface area contributed by atoms with Crippen LogP contribution in [0.3, 0.4) is 0 Å². The Morgan fingerprint density at radius 3 is 2.17 bits per heavy atom. The van der Waals surface area contributed by atoms with Crippen molar-refractivity contribution in [3.05, 3.63) is 0 Å². The maximum atomic E-state index is 11.6. The van der Waals surface area contributed by atoms with Crippen LogP contribution < -0.4 is 0 Å². The zero-order valence-corrected chi connectivity index (χ0v) is 12.0. The second kappa shape index (κ2) is 9.94. The number of amides is 1. The summed E-state index contributed by atoms with van der Waals surface area (Å²) in [5.41, 5.74) is 0. The van der Waals surface area contributed by atoms with Gasteiger partial charge in [-0.15, -0.1) is 11.8 Å². The monoisotopic (exact) mass is 275 g/mol. The van der Waals surface area contributed by atoms with Crippen LogP contribution in [0.2, 0.25) is 0 Å². The van der Waals surface area contributed by atoms with Gasteiger partial charge in [0.2, 0.25) is 5.91 Å². The highest BCUT2D eigenvalue weighted by Gasteiger charge is 2.13. The lowest BCUT2D eigenvalue weighted by molar-refractivity contribution is -0.145. The summed E-state index contributed by atoms with van der Waals surface area (Å²) in [4.78, 5) is 35.7. The first-order chi connectivity index (χ1) is 8.54. The molecule has 0 radical (unpaired) electrons. The van der Waals surface area contributed by atoms with Crippen molar-refractivity contribution in [2.24, 2.45) is 0 Å². The third-order valence-corrected chi connectivity index (χ3v) is 3.23. The summed E-state index contributed by atoms with van der Waals surface area (Å²) in [6, 6.07) is 0. The molecular weight excluding hydrogens is 254 g/mol. The maximum absolute atomic E-state index is 11.6. The van der Waals surface area contributed by atoms with Gasteiger partial charge in [-0.1, -0.05) is 0 Å². The van der Waals surface area contributed by atoms with E-state index in [0.29, 0.717) is 13.1 Å². The first kappa shape index (κ1) is 17.0. The summed E-state index contributed by atoms with van der Waals surface area (Å²) in [6.45, 7) is 7.15. The molecule has 0 atom stereocenters. The third-order valence-electron chi connectivity index (χ3n) is 2.25. The molecule has 0 rings (SSSR count). The van der Waals surface area contributed by atoms with Crippen molar-refractivity contribution in [1.82, 2.24) is 4.90 Å². The molecule has 0 aromatic carbocycles. The number of carbonyl (C=O) groups excluding carboxylic acids is 3. The third kappa shape index (κ3) is 7.32. The van der Waals surface area contributed by atoms with Crippen molar-refractivity contribution in [3.8, 4) is 0 Å². The number of esters is 1. The summed E-state index contributed by atoms with van der Waals surface area (Å²) in [6.07, 6.45) is -0.208. The summed E-state index contributed by atoms with van der Waals surface area (Å²) in [7, 11) is 0.